The summed E-state index contributed by atoms with van der Waals surface area (Å²) in [5.74, 6) is -2.20. The van der Waals surface area contributed by atoms with E-state index in [1.165, 1.54) is 6.92 Å². The van der Waals surface area contributed by atoms with Gasteiger partial charge in [0.1, 0.15) is 0 Å². The Labute approximate surface area is 176 Å². The van der Waals surface area contributed by atoms with Crippen LogP contribution in [0.25, 0.3) is 0 Å². The van der Waals surface area contributed by atoms with Crippen LogP contribution in [0.3, 0.4) is 0 Å². The molecule has 0 aliphatic heterocycles. The van der Waals surface area contributed by atoms with E-state index in [9.17, 15) is 19.5 Å². The zero-order valence-electron chi connectivity index (χ0n) is 17.4. The fraction of sp³-hybridized carbons (Fsp3) is 0.348. The molecule has 160 valence electrons. The first-order valence-corrected chi connectivity index (χ1v) is 9.94. The highest BCUT2D eigenvalue weighted by molar-refractivity contribution is 6.12. The Morgan fingerprint density at radius 2 is 1.67 bits per heavy atom. The summed E-state index contributed by atoms with van der Waals surface area (Å²) in [5.41, 5.74) is 7.91. The summed E-state index contributed by atoms with van der Waals surface area (Å²) in [7, 11) is 0. The van der Waals surface area contributed by atoms with Gasteiger partial charge in [-0.05, 0) is 43.5 Å². The molecule has 7 nitrogen and oxygen atoms in total. The largest absolute Gasteiger partial charge is 0.479 e. The Balaban J connectivity index is 2.56. The van der Waals surface area contributed by atoms with Crippen molar-refractivity contribution in [1.29, 1.82) is 0 Å². The second kappa shape index (κ2) is 10.5. The molecule has 1 amide bonds. The number of benzene rings is 2. The molecule has 7 heteroatoms. The first-order valence-electron chi connectivity index (χ1n) is 9.94. The molecule has 30 heavy (non-hydrogen) atoms. The molecule has 2 rings (SSSR count). The number of carbonyl (C=O) groups is 3. The average Bonchev–Trinajstić information content (AvgIpc) is 2.72. The van der Waals surface area contributed by atoms with E-state index in [4.69, 9.17) is 10.5 Å². The van der Waals surface area contributed by atoms with Crippen molar-refractivity contribution in [3.8, 4) is 0 Å². The third-order valence-corrected chi connectivity index (χ3v) is 4.84. The number of ketones is 1. The number of carbonyl (C=O) groups excluding carboxylic acids is 2. The van der Waals surface area contributed by atoms with Gasteiger partial charge in [-0.25, -0.2) is 9.59 Å². The molecule has 3 atom stereocenters. The van der Waals surface area contributed by atoms with E-state index in [0.29, 0.717) is 0 Å². The number of hydrogen-bond donors (Lipinski definition) is 2. The van der Waals surface area contributed by atoms with Crippen LogP contribution in [0.5, 0.6) is 0 Å². The number of carboxylic acids is 1. The van der Waals surface area contributed by atoms with Gasteiger partial charge in [0.2, 0.25) is 0 Å². The topological polar surface area (TPSA) is 110 Å². The van der Waals surface area contributed by atoms with Crippen LogP contribution >= 0.6 is 0 Å². The van der Waals surface area contributed by atoms with Gasteiger partial charge in [0.05, 0.1) is 12.6 Å². The molecule has 0 fully saturated rings. The average molecular weight is 412 g/mol. The summed E-state index contributed by atoms with van der Waals surface area (Å²) < 4.78 is 5.06. The van der Waals surface area contributed by atoms with Crippen molar-refractivity contribution in [3.63, 3.8) is 0 Å². The van der Waals surface area contributed by atoms with Gasteiger partial charge in [0, 0.05) is 11.6 Å². The molecule has 0 aromatic heterocycles. The van der Waals surface area contributed by atoms with E-state index in [0.717, 1.165) is 22.4 Å². The predicted octanol–water partition coefficient (Wildman–Crippen LogP) is 3.56. The number of rotatable bonds is 9. The van der Waals surface area contributed by atoms with Crippen LogP contribution in [0.2, 0.25) is 0 Å². The number of nitrogens with zero attached hydrogens (tertiary/aromatic N) is 1. The summed E-state index contributed by atoms with van der Waals surface area (Å²) >= 11 is 0. The van der Waals surface area contributed by atoms with E-state index in [1.807, 2.05) is 43.3 Å². The van der Waals surface area contributed by atoms with Crippen molar-refractivity contribution in [3.05, 3.63) is 65.7 Å². The molecular weight excluding hydrogens is 384 g/mol. The highest BCUT2D eigenvalue weighted by atomic mass is 16.6. The van der Waals surface area contributed by atoms with Gasteiger partial charge in [-0.2, -0.15) is 0 Å². The molecule has 0 aliphatic rings. The first-order chi connectivity index (χ1) is 14.3. The lowest BCUT2D eigenvalue weighted by atomic mass is 9.89. The SMILES string of the molecule is CCOC(=O)N(c1cccc(C(CC)c2ccccc2)c1)C(C(=O)O)C(=O)C(C)N. The molecule has 0 heterocycles. The molecule has 3 unspecified atom stereocenters. The summed E-state index contributed by atoms with van der Waals surface area (Å²) in [6, 6.07) is 14.0. The van der Waals surface area contributed by atoms with E-state index < -0.39 is 29.9 Å². The third-order valence-electron chi connectivity index (χ3n) is 4.84. The maximum atomic E-state index is 12.7. The Bertz CT molecular complexity index is 882. The highest BCUT2D eigenvalue weighted by Gasteiger charge is 2.39. The quantitative estimate of drug-likeness (QED) is 0.610. The Morgan fingerprint density at radius 3 is 2.20 bits per heavy atom. The van der Waals surface area contributed by atoms with Crippen LogP contribution in [0.1, 0.15) is 44.2 Å². The molecule has 0 spiro atoms. The van der Waals surface area contributed by atoms with Crippen molar-refractivity contribution < 1.29 is 24.2 Å². The number of amides is 1. The Hall–Kier alpha value is -3.19. The molecule has 0 radical (unpaired) electrons. The summed E-state index contributed by atoms with van der Waals surface area (Å²) in [4.78, 5) is 38.0. The fourth-order valence-electron chi connectivity index (χ4n) is 3.40. The van der Waals surface area contributed by atoms with E-state index in [-0.39, 0.29) is 18.2 Å². The number of nitrogens with two attached hydrogens (primary N) is 1. The lowest BCUT2D eigenvalue weighted by Gasteiger charge is -2.29. The molecule has 0 bridgehead atoms. The van der Waals surface area contributed by atoms with Gasteiger partial charge < -0.3 is 15.6 Å². The van der Waals surface area contributed by atoms with Gasteiger partial charge in [0.25, 0.3) is 0 Å². The molecule has 0 saturated heterocycles. The van der Waals surface area contributed by atoms with Crippen LogP contribution in [0.15, 0.2) is 54.6 Å². The summed E-state index contributed by atoms with van der Waals surface area (Å²) in [6.45, 7) is 5.08. The maximum absolute atomic E-state index is 12.7. The lowest BCUT2D eigenvalue weighted by molar-refractivity contribution is -0.142. The van der Waals surface area contributed by atoms with Gasteiger partial charge in [-0.3, -0.25) is 9.69 Å². The fourth-order valence-corrected chi connectivity index (χ4v) is 3.40. The van der Waals surface area contributed by atoms with Crippen LogP contribution in [0.4, 0.5) is 10.5 Å². The third kappa shape index (κ3) is 5.24. The second-order valence-corrected chi connectivity index (χ2v) is 6.97. The highest BCUT2D eigenvalue weighted by Crippen LogP contribution is 2.31. The van der Waals surface area contributed by atoms with Crippen LogP contribution in [0, 0.1) is 0 Å². The molecular formula is C23H28N2O5. The van der Waals surface area contributed by atoms with Crippen LogP contribution in [-0.4, -0.2) is 41.6 Å². The van der Waals surface area contributed by atoms with Crippen molar-refractivity contribution in [2.24, 2.45) is 5.73 Å². The minimum atomic E-state index is -1.78. The Morgan fingerprint density at radius 1 is 1.03 bits per heavy atom. The van der Waals surface area contributed by atoms with Crippen molar-refractivity contribution in [2.45, 2.75) is 45.2 Å². The number of carboxylic acid groups (broad SMARTS) is 1. The van der Waals surface area contributed by atoms with Crippen molar-refractivity contribution in [1.82, 2.24) is 0 Å². The van der Waals surface area contributed by atoms with E-state index in [1.54, 1.807) is 25.1 Å². The Kier molecular flexibility index (Phi) is 8.12. The number of hydrogen-bond acceptors (Lipinski definition) is 5. The van der Waals surface area contributed by atoms with Crippen molar-refractivity contribution in [2.75, 3.05) is 11.5 Å². The monoisotopic (exact) mass is 412 g/mol. The number of aliphatic carboxylic acids is 1. The lowest BCUT2D eigenvalue weighted by Crippen LogP contribution is -2.54. The van der Waals surface area contributed by atoms with Gasteiger partial charge in [0.15, 0.2) is 11.8 Å². The standard InChI is InChI=1S/C23H28N2O5/c1-4-19(16-10-7-6-8-11-16)17-12-9-13-18(14-17)25(23(29)30-5-2)20(22(27)28)21(26)15(3)24/h6-15,19-20H,4-5,24H2,1-3H3,(H,27,28). The van der Waals surface area contributed by atoms with E-state index in [2.05, 4.69) is 0 Å². The molecule has 0 aliphatic carbocycles. The molecule has 0 saturated carbocycles. The predicted molar refractivity (Wildman–Crippen MR) is 115 cm³/mol. The molecule has 2 aromatic carbocycles. The molecule has 3 N–H and O–H groups in total. The van der Waals surface area contributed by atoms with Gasteiger partial charge in [-0.1, -0.05) is 49.4 Å². The minimum absolute atomic E-state index is 0.0370. The number of Topliss-reactive ketones (excluding diaryl/α,β-unsaturated/α-hetero) is 1. The van der Waals surface area contributed by atoms with Crippen molar-refractivity contribution >= 4 is 23.5 Å². The number of anilines is 1. The van der Waals surface area contributed by atoms with Gasteiger partial charge in [-0.15, -0.1) is 0 Å². The second-order valence-electron chi connectivity index (χ2n) is 6.97. The zero-order valence-corrected chi connectivity index (χ0v) is 17.4. The van der Waals surface area contributed by atoms with Gasteiger partial charge >= 0.3 is 12.1 Å². The summed E-state index contributed by atoms with van der Waals surface area (Å²) in [6.07, 6.45) is -0.114. The van der Waals surface area contributed by atoms with Crippen LogP contribution in [-0.2, 0) is 14.3 Å². The molecule has 2 aromatic rings. The van der Waals surface area contributed by atoms with Crippen LogP contribution < -0.4 is 10.6 Å². The normalized spacial score (nSPS) is 13.7. The number of ether oxygens (including phenoxy) is 1. The summed E-state index contributed by atoms with van der Waals surface area (Å²) in [5, 5.41) is 9.72. The maximum Gasteiger partial charge on any atom is 0.415 e. The van der Waals surface area contributed by atoms with E-state index >= 15 is 0 Å². The minimum Gasteiger partial charge on any atom is -0.479 e. The zero-order chi connectivity index (χ0) is 22.3. The smallest absolute Gasteiger partial charge is 0.415 e. The first kappa shape index (κ1) is 23.1.